The van der Waals surface area contributed by atoms with Gasteiger partial charge in [-0.3, -0.25) is 9.59 Å². The Balaban J connectivity index is 0.000000385. The van der Waals surface area contributed by atoms with Gasteiger partial charge < -0.3 is 99.6 Å². The van der Waals surface area contributed by atoms with Crippen molar-refractivity contribution in [3.05, 3.63) is 252 Å². The van der Waals surface area contributed by atoms with Crippen molar-refractivity contribution in [2.24, 2.45) is 30.7 Å². The molecule has 0 radical (unpaired) electrons. The van der Waals surface area contributed by atoms with Crippen molar-refractivity contribution in [1.82, 2.24) is 30.3 Å². The number of anilines is 10. The van der Waals surface area contributed by atoms with Crippen molar-refractivity contribution in [2.75, 3.05) is 98.4 Å². The monoisotopic (exact) mass is 1950 g/mol. The number of benzene rings is 11. The molecule has 40 nitrogen and oxygen atoms in total. The number of aryl methyl sites for hydroxylation is 1. The van der Waals surface area contributed by atoms with Crippen LogP contribution in [0.5, 0.6) is 5.75 Å². The van der Waals surface area contributed by atoms with Crippen LogP contribution in [0.4, 0.5) is 91.5 Å². The number of hydrogen-bond donors (Lipinski definition) is 11. The molecular weight excluding hydrogens is 1870 g/mol. The first-order valence-corrected chi connectivity index (χ1v) is 45.3. The summed E-state index contributed by atoms with van der Waals surface area (Å²) >= 11 is 0. The molecule has 12 aromatic rings. The van der Waals surface area contributed by atoms with Crippen molar-refractivity contribution < 1.29 is 214 Å². The van der Waals surface area contributed by atoms with Gasteiger partial charge in [0.1, 0.15) is 44.0 Å². The molecule has 0 aliphatic heterocycles. The summed E-state index contributed by atoms with van der Waals surface area (Å²) in [5.41, 5.74) is 13.0. The van der Waals surface area contributed by atoms with E-state index in [2.05, 4.69) is 82.3 Å². The number of hydrogen-bond acceptors (Lipinski definition) is 39. The van der Waals surface area contributed by atoms with Crippen LogP contribution in [-0.4, -0.2) is 157 Å². The standard InChI is InChI=1S/C30H25N7O9S3.C21H22N4O7S2.C16H18N4O.C15H18N4O2S.4Na.2H2O/c1-14-32-29(35-15-6-9-17(10-7-15)49(44,45)46)37-30(33-14)36-20-11-8-16(12-22(20)47(40)41)34-21-13-23(48(42)43)26(31)25-24(21)27(38)18-4-2-3-5-19(18)28(25)39;1-13(26)23-16-4-3-14-11-19(34(30,31)32)20(21(27)18(14)12-16)25-24-15-5-7-17(8-6-15)33(28,29)10-9-22-2;1-17-16(21)12-4-6-13(7-5-12)18-19-14-8-10-15(11-9-14)20(2)3;1-16-22(20,21)15-10-6-13(7-11-15)18-17-12-4-8-14(9-5-12)19(2)3;;;;;;/h2-13,27-28,34,38-39H,31H2,1H3,(H,44,45,46)(H2,32,33,35,36,37);3-8,11-12,22,27H,9-10H2,1-2H3,(H,23,26)(H,30,31,32);4-11H,1-3H3,(H,17,21);4-11,16H,1-3H3;;;;;2*1H2/q-2;;;;4*+1;;/p-4. The zero-order chi connectivity index (χ0) is 91.7. The van der Waals surface area contributed by atoms with Crippen LogP contribution < -0.4 is 170 Å². The molecule has 14 N–H and O–H groups in total. The molecule has 2 unspecified atom stereocenters. The number of nitrogens with two attached hydrogens (primary N) is 1. The molecule has 2 amide bonds. The van der Waals surface area contributed by atoms with Gasteiger partial charge in [-0.15, -0.1) is 5.11 Å². The normalized spacial score (nSPS) is 12.6. The molecule has 0 saturated carbocycles. The number of aromatic hydroxyl groups is 1. The van der Waals surface area contributed by atoms with Crippen molar-refractivity contribution in [1.29, 1.82) is 0 Å². The van der Waals surface area contributed by atoms with E-state index in [1.807, 2.05) is 86.5 Å². The minimum Gasteiger partial charge on any atom is -0.870 e. The number of phenols is 1. The number of carbonyl (C=O) groups excluding carboxylic acids is 2. The number of sulfone groups is 1. The second-order valence-electron chi connectivity index (χ2n) is 27.5. The maximum Gasteiger partial charge on any atom is 1.00 e. The van der Waals surface area contributed by atoms with Gasteiger partial charge in [0.15, 0.2) is 15.6 Å². The smallest absolute Gasteiger partial charge is 0.870 e. The summed E-state index contributed by atoms with van der Waals surface area (Å²) in [4.78, 5) is 37.9. The molecule has 1 aromatic heterocycles. The van der Waals surface area contributed by atoms with E-state index in [9.17, 15) is 84.5 Å². The molecule has 0 spiro atoms. The molecule has 1 aliphatic carbocycles. The van der Waals surface area contributed by atoms with E-state index in [1.165, 1.54) is 105 Å². The summed E-state index contributed by atoms with van der Waals surface area (Å²) in [6.07, 6.45) is -2.67. The number of carbonyl (C=O) groups is 2. The zero-order valence-corrected chi connectivity index (χ0v) is 86.0. The molecule has 0 bridgehead atoms. The molecule has 1 aliphatic rings. The van der Waals surface area contributed by atoms with Crippen LogP contribution >= 0.6 is 0 Å². The predicted octanol–water partition coefficient (Wildman–Crippen LogP) is 0.793. The Hall–Kier alpha value is -9.59. The molecule has 132 heavy (non-hydrogen) atoms. The quantitative estimate of drug-likeness (QED) is 0.0117. The van der Waals surface area contributed by atoms with Crippen molar-refractivity contribution in [3.63, 3.8) is 0 Å². The fraction of sp³-hybridized carbons (Fsp3) is 0.159. The topological polar surface area (TPSA) is 635 Å². The SMILES string of the molecule is CNC(=O)c1ccc(N=Nc2ccc(N(C)C)cc2)cc1.CNCCS(=O)(=O)c1ccc(N=Nc2c(S(=O)(=O)[O-])cc3ccc(NC(C)=O)cc3c2O)cc1.CNS(=O)(=O)c1ccc(N=Nc2ccc(N(C)C)cc2)cc1.Cc1nc(Nc2ccc(S(=O)(=O)[O-])cc2)nc(Nc2ccc(Nc3cc([S-](=O)=O)c(N)c4c3C(O)c3ccccc3C4O)cc2[S-](=O)=O)n1.[Na+].[Na+].[Na+].[Na+].[OH-].[OH-]. The molecule has 50 heteroatoms. The summed E-state index contributed by atoms with van der Waals surface area (Å²) in [7, 11) is -9.70. The van der Waals surface area contributed by atoms with Crippen LogP contribution in [-0.2, 0) is 83.1 Å². The average molecular weight is 1960 g/mol. The summed E-state index contributed by atoms with van der Waals surface area (Å²) in [6, 6.07) is 56.2. The fourth-order valence-corrected chi connectivity index (χ4v) is 16.1. The maximum absolute atomic E-state index is 12.4. The number of fused-ring (bicyclic) bond motifs is 3. The number of phenolic OH excluding ortho intramolecular Hbond substituents is 1. The Labute approximate surface area is 852 Å². The maximum atomic E-state index is 12.4. The van der Waals surface area contributed by atoms with E-state index < -0.39 is 94.9 Å². The van der Waals surface area contributed by atoms with E-state index in [1.54, 1.807) is 81.7 Å². The van der Waals surface area contributed by atoms with Crippen LogP contribution in [0.15, 0.2) is 278 Å². The number of aliphatic hydroxyl groups is 2. The second kappa shape index (κ2) is 51.2. The second-order valence-corrected chi connectivity index (χ2v) is 36.0. The molecule has 11 aromatic carbocycles. The van der Waals surface area contributed by atoms with Gasteiger partial charge in [0.05, 0.1) is 53.8 Å². The van der Waals surface area contributed by atoms with Crippen molar-refractivity contribution in [3.8, 4) is 5.75 Å². The van der Waals surface area contributed by atoms with Gasteiger partial charge >= 0.3 is 118 Å². The van der Waals surface area contributed by atoms with E-state index in [0.717, 1.165) is 40.9 Å². The van der Waals surface area contributed by atoms with E-state index in [-0.39, 0.29) is 241 Å². The van der Waals surface area contributed by atoms with Crippen LogP contribution in [0.3, 0.4) is 0 Å². The van der Waals surface area contributed by atoms with Crippen LogP contribution in [0.2, 0.25) is 0 Å². The summed E-state index contributed by atoms with van der Waals surface area (Å²) in [5.74, 6) is -0.963. The van der Waals surface area contributed by atoms with Crippen LogP contribution in [0.1, 0.15) is 57.6 Å². The van der Waals surface area contributed by atoms with Crippen molar-refractivity contribution >= 4 is 176 Å². The molecule has 2 atom stereocenters. The van der Waals surface area contributed by atoms with Gasteiger partial charge in [0, 0.05) is 116 Å². The number of nitrogen functional groups attached to an aromatic ring is 1. The Bertz CT molecular complexity index is 6820. The van der Waals surface area contributed by atoms with Crippen molar-refractivity contribution in [2.45, 2.75) is 55.4 Å². The van der Waals surface area contributed by atoms with Gasteiger partial charge in [0.25, 0.3) is 5.91 Å². The number of rotatable bonds is 26. The summed E-state index contributed by atoms with van der Waals surface area (Å²) < 4.78 is 168. The third-order valence-corrected chi connectivity index (χ3v) is 24.6. The first kappa shape index (κ1) is 115. The molecule has 13 rings (SSSR count). The first-order valence-electron chi connectivity index (χ1n) is 37.2. The van der Waals surface area contributed by atoms with E-state index >= 15 is 0 Å². The Morgan fingerprint density at radius 2 is 0.947 bits per heavy atom. The van der Waals surface area contributed by atoms with Crippen LogP contribution in [0.25, 0.3) is 10.8 Å². The number of azo groups is 3. The molecule has 674 valence electrons. The number of amides is 2. The fourth-order valence-electron chi connectivity index (χ4n) is 12.0. The van der Waals surface area contributed by atoms with Gasteiger partial charge in [0.2, 0.25) is 27.8 Å². The van der Waals surface area contributed by atoms with Gasteiger partial charge in [-0.2, -0.15) is 40.5 Å². The van der Waals surface area contributed by atoms with Crippen LogP contribution in [0, 0.1) is 6.92 Å². The number of sulfonamides is 1. The largest absolute Gasteiger partial charge is 1.00 e. The Morgan fingerprint density at radius 3 is 1.40 bits per heavy atom. The van der Waals surface area contributed by atoms with Gasteiger partial charge in [-0.1, -0.05) is 46.2 Å². The minimum atomic E-state index is -5.03. The summed E-state index contributed by atoms with van der Waals surface area (Å²) in [5, 5.41) is 74.4. The van der Waals surface area contributed by atoms with Gasteiger partial charge in [-0.05, 0) is 241 Å². The average Bonchev–Trinajstić information content (AvgIpc) is 0.735. The predicted molar refractivity (Wildman–Crippen MR) is 475 cm³/mol. The molecule has 1 heterocycles. The first-order chi connectivity index (χ1) is 59.6. The third kappa shape index (κ3) is 30.7. The molecule has 0 fully saturated rings. The zero-order valence-electron chi connectivity index (χ0n) is 73.1. The third-order valence-electron chi connectivity index (χ3n) is 18.3. The number of nitrogens with one attached hydrogen (secondary N) is 7. The van der Waals surface area contributed by atoms with E-state index in [0.29, 0.717) is 39.4 Å². The summed E-state index contributed by atoms with van der Waals surface area (Å²) in [6.45, 7) is 3.14. The Morgan fingerprint density at radius 1 is 0.500 bits per heavy atom. The molecular formula is C82H83N19Na4O21S6-2. The van der Waals surface area contributed by atoms with E-state index in [4.69, 9.17) is 5.73 Å². The number of aromatic nitrogens is 3. The van der Waals surface area contributed by atoms with Gasteiger partial charge in [-0.25, -0.2) is 38.4 Å². The number of nitrogens with zero attached hydrogens (tertiary/aromatic N) is 11. The molecule has 0 saturated heterocycles. The Kier molecular flexibility index (Phi) is 44.5. The minimum absolute atomic E-state index is 0. The number of aliphatic hydroxyl groups excluding tert-OH is 2.